The number of pyridine rings is 1. The molecule has 1 fully saturated rings. The Bertz CT molecular complexity index is 1620. The van der Waals surface area contributed by atoms with E-state index in [4.69, 9.17) is 9.47 Å². The number of benzene rings is 2. The molecule has 3 atom stereocenters. The minimum atomic E-state index is -1.16. The van der Waals surface area contributed by atoms with Crippen molar-refractivity contribution in [2.75, 3.05) is 13.7 Å². The molecule has 1 saturated heterocycles. The summed E-state index contributed by atoms with van der Waals surface area (Å²) in [6.45, 7) is 1.67. The first kappa shape index (κ1) is 28.0. The zero-order valence-electron chi connectivity index (χ0n) is 23.2. The van der Waals surface area contributed by atoms with Gasteiger partial charge in [0.05, 0.1) is 11.6 Å². The zero-order chi connectivity index (χ0) is 29.8. The Balaban J connectivity index is 1.49. The number of nitrogens with one attached hydrogen (secondary N) is 1. The van der Waals surface area contributed by atoms with E-state index >= 15 is 0 Å². The van der Waals surface area contributed by atoms with Gasteiger partial charge in [-0.2, -0.15) is 0 Å². The molecule has 220 valence electrons. The quantitative estimate of drug-likeness (QED) is 0.455. The van der Waals surface area contributed by atoms with Gasteiger partial charge in [-0.1, -0.05) is 30.3 Å². The third kappa shape index (κ3) is 4.38. The number of carbonyl (C=O) groups is 2. The molecular formula is C31H30F3N3O5. The van der Waals surface area contributed by atoms with Crippen LogP contribution in [-0.2, 0) is 29.8 Å². The third-order valence-corrected chi connectivity index (χ3v) is 8.83. The molecule has 8 nitrogen and oxygen atoms in total. The van der Waals surface area contributed by atoms with Crippen molar-refractivity contribution in [3.63, 3.8) is 0 Å². The first-order valence-corrected chi connectivity index (χ1v) is 13.9. The van der Waals surface area contributed by atoms with Crippen molar-refractivity contribution in [1.82, 2.24) is 14.8 Å². The molecule has 11 heteroatoms. The highest BCUT2D eigenvalue weighted by Gasteiger charge is 2.56. The van der Waals surface area contributed by atoms with Crippen molar-refractivity contribution < 1.29 is 32.2 Å². The van der Waals surface area contributed by atoms with Gasteiger partial charge in [0.2, 0.25) is 5.43 Å². The second-order valence-electron chi connectivity index (χ2n) is 11.2. The van der Waals surface area contributed by atoms with E-state index in [0.29, 0.717) is 50.1 Å². The van der Waals surface area contributed by atoms with Crippen molar-refractivity contribution in [2.45, 2.75) is 63.4 Å². The average Bonchev–Trinajstić information content (AvgIpc) is 3.27. The number of ether oxygens (including phenoxy) is 2. The molecule has 2 bridgehead atoms. The molecule has 4 heterocycles. The van der Waals surface area contributed by atoms with E-state index in [-0.39, 0.29) is 41.7 Å². The van der Waals surface area contributed by atoms with E-state index in [1.165, 1.54) is 0 Å². The normalized spacial score (nSPS) is 22.5. The smallest absolute Gasteiger partial charge is 0.274 e. The van der Waals surface area contributed by atoms with Crippen LogP contribution < -0.4 is 15.5 Å². The fourth-order valence-corrected chi connectivity index (χ4v) is 6.73. The van der Waals surface area contributed by atoms with Gasteiger partial charge in [0, 0.05) is 49.6 Å². The number of carbonyl (C=O) groups excluding carboxylic acids is 2. The number of methoxy groups -OCH3 is 1. The van der Waals surface area contributed by atoms with Crippen molar-refractivity contribution in [1.29, 1.82) is 0 Å². The number of nitrogens with zero attached hydrogens (tertiary/aromatic N) is 2. The van der Waals surface area contributed by atoms with Gasteiger partial charge in [-0.05, 0) is 38.2 Å². The second-order valence-corrected chi connectivity index (χ2v) is 11.2. The summed E-state index contributed by atoms with van der Waals surface area (Å²) in [4.78, 5) is 43.5. The van der Waals surface area contributed by atoms with Crippen LogP contribution in [0.3, 0.4) is 0 Å². The summed E-state index contributed by atoms with van der Waals surface area (Å²) >= 11 is 0. The van der Waals surface area contributed by atoms with Gasteiger partial charge in [-0.15, -0.1) is 0 Å². The van der Waals surface area contributed by atoms with Gasteiger partial charge in [0.25, 0.3) is 11.8 Å². The van der Waals surface area contributed by atoms with Gasteiger partial charge >= 0.3 is 0 Å². The minimum absolute atomic E-state index is 0.0287. The molecule has 2 amide bonds. The van der Waals surface area contributed by atoms with E-state index in [2.05, 4.69) is 5.32 Å². The van der Waals surface area contributed by atoms with Crippen LogP contribution in [0.4, 0.5) is 13.2 Å². The molecule has 6 rings (SSSR count). The number of fused-ring (bicyclic) bond motifs is 1. The van der Waals surface area contributed by atoms with Gasteiger partial charge in [0.1, 0.15) is 29.6 Å². The predicted molar refractivity (Wildman–Crippen MR) is 146 cm³/mol. The van der Waals surface area contributed by atoms with E-state index in [1.807, 2.05) is 37.3 Å². The molecule has 0 unspecified atom stereocenters. The SMILES string of the molecule is CO[C@H]1CC[C@H](C)N2C[C@]13CCc1c(C(=O)NCc4c(F)cc(F)cc4F)c(=O)c(OCc4ccccc4)c(n13)C2=O. The summed E-state index contributed by atoms with van der Waals surface area (Å²) < 4.78 is 55.8. The summed E-state index contributed by atoms with van der Waals surface area (Å²) in [5, 5.41) is 2.43. The van der Waals surface area contributed by atoms with Crippen LogP contribution in [0.25, 0.3) is 0 Å². The van der Waals surface area contributed by atoms with Crippen LogP contribution in [-0.4, -0.2) is 47.1 Å². The van der Waals surface area contributed by atoms with E-state index in [0.717, 1.165) is 5.56 Å². The molecule has 1 N–H and O–H groups in total. The van der Waals surface area contributed by atoms with Crippen LogP contribution in [0.5, 0.6) is 5.75 Å². The minimum Gasteiger partial charge on any atom is -0.483 e. The molecule has 3 aliphatic heterocycles. The number of halogens is 3. The van der Waals surface area contributed by atoms with Crippen molar-refractivity contribution >= 4 is 11.8 Å². The predicted octanol–water partition coefficient (Wildman–Crippen LogP) is 4.07. The summed E-state index contributed by atoms with van der Waals surface area (Å²) in [5.41, 5.74) is -1.13. The summed E-state index contributed by atoms with van der Waals surface area (Å²) in [6, 6.07) is 10.0. The Labute approximate surface area is 240 Å². The van der Waals surface area contributed by atoms with E-state index in [9.17, 15) is 27.6 Å². The molecule has 1 aromatic heterocycles. The lowest BCUT2D eigenvalue weighted by atomic mass is 9.86. The van der Waals surface area contributed by atoms with Gasteiger partial charge in [-0.25, -0.2) is 13.2 Å². The molecule has 42 heavy (non-hydrogen) atoms. The molecule has 2 aromatic carbocycles. The van der Waals surface area contributed by atoms with Crippen LogP contribution in [0.15, 0.2) is 47.3 Å². The number of rotatable bonds is 7. The van der Waals surface area contributed by atoms with Gasteiger partial charge in [-0.3, -0.25) is 14.4 Å². The Morgan fingerprint density at radius 2 is 1.81 bits per heavy atom. The molecule has 0 radical (unpaired) electrons. The Kier molecular flexibility index (Phi) is 7.08. The lowest BCUT2D eigenvalue weighted by molar-refractivity contribution is -0.0201. The van der Waals surface area contributed by atoms with Crippen molar-refractivity contribution in [3.8, 4) is 5.75 Å². The van der Waals surface area contributed by atoms with Gasteiger partial charge in [0.15, 0.2) is 11.4 Å². The summed E-state index contributed by atoms with van der Waals surface area (Å²) in [5.74, 6) is -4.90. The van der Waals surface area contributed by atoms with Crippen molar-refractivity contribution in [3.05, 3.63) is 98.2 Å². The maximum absolute atomic E-state index is 14.3. The third-order valence-electron chi connectivity index (χ3n) is 8.83. The molecular weight excluding hydrogens is 551 g/mol. The first-order valence-electron chi connectivity index (χ1n) is 13.9. The fourth-order valence-electron chi connectivity index (χ4n) is 6.73. The monoisotopic (exact) mass is 581 g/mol. The summed E-state index contributed by atoms with van der Waals surface area (Å²) in [6.07, 6.45) is 1.87. The second kappa shape index (κ2) is 10.6. The maximum atomic E-state index is 14.3. The Morgan fingerprint density at radius 3 is 2.50 bits per heavy atom. The van der Waals surface area contributed by atoms with E-state index in [1.54, 1.807) is 16.6 Å². The largest absolute Gasteiger partial charge is 0.483 e. The first-order chi connectivity index (χ1) is 20.2. The van der Waals surface area contributed by atoms with Crippen LogP contribution in [0.1, 0.15) is 63.9 Å². The molecule has 1 spiro atoms. The van der Waals surface area contributed by atoms with Crippen molar-refractivity contribution in [2.24, 2.45) is 0 Å². The lowest BCUT2D eigenvalue weighted by Gasteiger charge is -2.46. The zero-order valence-corrected chi connectivity index (χ0v) is 23.2. The van der Waals surface area contributed by atoms with Crippen LogP contribution in [0, 0.1) is 17.5 Å². The highest BCUT2D eigenvalue weighted by atomic mass is 19.1. The average molecular weight is 582 g/mol. The Morgan fingerprint density at radius 1 is 1.10 bits per heavy atom. The highest BCUT2D eigenvalue weighted by Crippen LogP contribution is 2.47. The molecule has 0 aliphatic carbocycles. The number of aromatic nitrogens is 1. The van der Waals surface area contributed by atoms with E-state index < -0.39 is 46.4 Å². The van der Waals surface area contributed by atoms with Crippen LogP contribution in [0.2, 0.25) is 0 Å². The topological polar surface area (TPSA) is 89.9 Å². The molecule has 0 saturated carbocycles. The van der Waals surface area contributed by atoms with Gasteiger partial charge < -0.3 is 24.3 Å². The maximum Gasteiger partial charge on any atom is 0.274 e. The summed E-state index contributed by atoms with van der Waals surface area (Å²) in [7, 11) is 1.61. The molecule has 3 aromatic rings. The van der Waals surface area contributed by atoms with Crippen LogP contribution >= 0.6 is 0 Å². The number of hydrogen-bond donors (Lipinski definition) is 1. The standard InChI is InChI=1S/C31H30F3N3O5/c1-17-8-9-24(41-2)31-11-10-23-25(29(39)35-14-20-21(33)12-19(32)13-22(20)34)27(38)28(42-15-18-6-4-3-5-7-18)26(37(23)31)30(40)36(17)16-31/h3-7,12-13,17,24H,8-11,14-16H2,1-2H3,(H,35,39)/t17-,24-,31+/m0/s1. The fraction of sp³-hybridized carbons (Fsp3) is 0.387. The number of hydrogen-bond acceptors (Lipinski definition) is 5. The highest BCUT2D eigenvalue weighted by molar-refractivity contribution is 6.01. The lowest BCUT2D eigenvalue weighted by Crippen LogP contribution is -2.58. The molecule has 3 aliphatic rings. The number of amides is 2. The Hall–Kier alpha value is -4.12.